The second kappa shape index (κ2) is 8.95. The van der Waals surface area contributed by atoms with Gasteiger partial charge in [0, 0.05) is 5.41 Å². The molecular formula is C36H50O4. The number of hydrogen-bond donors (Lipinski definition) is 0. The minimum Gasteiger partial charge on any atom is -0.469 e. The smallest absolute Gasteiger partial charge is 0.312 e. The highest BCUT2D eigenvalue weighted by molar-refractivity contribution is 6.04. The molecule has 5 fully saturated rings. The molecule has 1 aromatic heterocycles. The summed E-state index contributed by atoms with van der Waals surface area (Å²) >= 11 is 0. The number of ketones is 1. The van der Waals surface area contributed by atoms with Gasteiger partial charge < -0.3 is 9.15 Å². The summed E-state index contributed by atoms with van der Waals surface area (Å²) in [6.07, 6.45) is 13.1. The SMILES string of the molecule is C=C(C)[C@H]1CC[C@@]2(C(=O)OC)CC[C@]3(C)[C@@H](CC[C@H]4[C@@]5(C)CC(=Cc6ccco6)C(=O)C(C)(C)[C@H]5CC[C@]43C)[C@H]12. The van der Waals surface area contributed by atoms with E-state index in [-0.39, 0.29) is 27.6 Å². The van der Waals surface area contributed by atoms with Crippen molar-refractivity contribution < 1.29 is 18.7 Å². The molecule has 0 spiro atoms. The minimum atomic E-state index is -0.395. The zero-order valence-corrected chi connectivity index (χ0v) is 25.9. The monoisotopic (exact) mass is 546 g/mol. The fraction of sp³-hybridized carbons (Fsp3) is 0.722. The molecule has 5 aliphatic carbocycles. The van der Waals surface area contributed by atoms with Gasteiger partial charge in [-0.2, -0.15) is 0 Å². The van der Waals surface area contributed by atoms with E-state index in [1.807, 2.05) is 18.2 Å². The van der Waals surface area contributed by atoms with Gasteiger partial charge in [0.15, 0.2) is 5.78 Å². The predicted octanol–water partition coefficient (Wildman–Crippen LogP) is 8.67. The Kier molecular flexibility index (Phi) is 6.27. The van der Waals surface area contributed by atoms with Crippen molar-refractivity contribution in [2.45, 2.75) is 99.3 Å². The normalized spacial score (nSPS) is 46.6. The highest BCUT2D eigenvalue weighted by Crippen LogP contribution is 2.77. The molecule has 5 aliphatic rings. The van der Waals surface area contributed by atoms with Crippen molar-refractivity contribution in [2.75, 3.05) is 7.11 Å². The Balaban J connectivity index is 1.42. The van der Waals surface area contributed by atoms with E-state index < -0.39 is 5.41 Å². The molecule has 5 saturated carbocycles. The summed E-state index contributed by atoms with van der Waals surface area (Å²) in [5.74, 6) is 3.19. The molecule has 0 bridgehead atoms. The molecule has 1 aromatic rings. The summed E-state index contributed by atoms with van der Waals surface area (Å²) in [6.45, 7) is 18.7. The van der Waals surface area contributed by atoms with Crippen molar-refractivity contribution >= 4 is 17.8 Å². The van der Waals surface area contributed by atoms with E-state index in [2.05, 4.69) is 48.1 Å². The number of esters is 1. The van der Waals surface area contributed by atoms with Crippen LogP contribution in [-0.2, 0) is 14.3 Å². The van der Waals surface area contributed by atoms with Gasteiger partial charge in [0.05, 0.1) is 18.8 Å². The lowest BCUT2D eigenvalue weighted by Crippen LogP contribution is -2.67. The second-order valence-corrected chi connectivity index (χ2v) is 15.7. The number of allylic oxidation sites excluding steroid dienone is 2. The van der Waals surface area contributed by atoms with Crippen molar-refractivity contribution in [1.29, 1.82) is 0 Å². The summed E-state index contributed by atoms with van der Waals surface area (Å²) < 4.78 is 11.2. The Hall–Kier alpha value is -2.10. The van der Waals surface area contributed by atoms with Crippen LogP contribution in [0.3, 0.4) is 0 Å². The Bertz CT molecular complexity index is 1250. The molecular weight excluding hydrogens is 496 g/mol. The number of Topliss-reactive ketones (excluding diaryl/α,β-unsaturated/α-hetero) is 1. The topological polar surface area (TPSA) is 56.5 Å². The van der Waals surface area contributed by atoms with Gasteiger partial charge in [-0.15, -0.1) is 0 Å². The van der Waals surface area contributed by atoms with Gasteiger partial charge in [-0.3, -0.25) is 9.59 Å². The first kappa shape index (κ1) is 28.0. The average molecular weight is 547 g/mol. The van der Waals surface area contributed by atoms with Gasteiger partial charge in [0.25, 0.3) is 0 Å². The maximum absolute atomic E-state index is 13.9. The fourth-order valence-corrected chi connectivity index (χ4v) is 12.2. The Morgan fingerprint density at radius 3 is 2.40 bits per heavy atom. The number of ether oxygens (including phenoxy) is 1. The van der Waals surface area contributed by atoms with Crippen molar-refractivity contribution in [1.82, 2.24) is 0 Å². The Morgan fingerprint density at radius 2 is 1.75 bits per heavy atom. The van der Waals surface area contributed by atoms with Gasteiger partial charge in [-0.05, 0) is 134 Å². The van der Waals surface area contributed by atoms with Crippen LogP contribution in [0.4, 0.5) is 0 Å². The minimum absolute atomic E-state index is 0.0199. The van der Waals surface area contributed by atoms with Crippen LogP contribution in [-0.4, -0.2) is 18.9 Å². The molecule has 0 unspecified atom stereocenters. The molecule has 6 rings (SSSR count). The van der Waals surface area contributed by atoms with Gasteiger partial charge in [0.1, 0.15) is 5.76 Å². The first-order valence-corrected chi connectivity index (χ1v) is 15.8. The Labute approximate surface area is 241 Å². The molecule has 0 radical (unpaired) electrons. The van der Waals surface area contributed by atoms with E-state index in [4.69, 9.17) is 9.15 Å². The van der Waals surface area contributed by atoms with Gasteiger partial charge in [-0.1, -0.05) is 46.8 Å². The zero-order chi connectivity index (χ0) is 28.9. The van der Waals surface area contributed by atoms with Crippen LogP contribution in [0.2, 0.25) is 0 Å². The Morgan fingerprint density at radius 1 is 1.00 bits per heavy atom. The first-order valence-electron chi connectivity index (χ1n) is 15.8. The third-order valence-electron chi connectivity index (χ3n) is 14.1. The third-order valence-corrected chi connectivity index (χ3v) is 14.1. The number of carbonyl (C=O) groups is 2. The lowest BCUT2D eigenvalue weighted by molar-refractivity contribution is -0.232. The number of fused-ring (bicyclic) bond motifs is 7. The molecule has 4 nitrogen and oxygen atoms in total. The summed E-state index contributed by atoms with van der Waals surface area (Å²) in [5.41, 5.74) is 1.75. The van der Waals surface area contributed by atoms with Crippen LogP contribution in [0.5, 0.6) is 0 Å². The molecule has 4 heteroatoms. The summed E-state index contributed by atoms with van der Waals surface area (Å²) in [4.78, 5) is 27.4. The van der Waals surface area contributed by atoms with Crippen LogP contribution >= 0.6 is 0 Å². The molecule has 1 heterocycles. The van der Waals surface area contributed by atoms with Crippen molar-refractivity contribution in [3.8, 4) is 0 Å². The summed E-state index contributed by atoms with van der Waals surface area (Å²) in [7, 11) is 1.58. The molecule has 0 aliphatic heterocycles. The van der Waals surface area contributed by atoms with Gasteiger partial charge in [-0.25, -0.2) is 0 Å². The number of carbonyl (C=O) groups excluding carboxylic acids is 2. The lowest BCUT2D eigenvalue weighted by Gasteiger charge is -2.72. The lowest BCUT2D eigenvalue weighted by atomic mass is 9.32. The quantitative estimate of drug-likeness (QED) is 0.216. The van der Waals surface area contributed by atoms with E-state index in [1.54, 1.807) is 13.4 Å². The maximum atomic E-state index is 13.9. The van der Waals surface area contributed by atoms with E-state index in [0.29, 0.717) is 35.4 Å². The van der Waals surface area contributed by atoms with Crippen LogP contribution in [0.15, 0.2) is 40.5 Å². The molecule has 0 aromatic carbocycles. The van der Waals surface area contributed by atoms with E-state index >= 15 is 0 Å². The van der Waals surface area contributed by atoms with Crippen LogP contribution in [0, 0.1) is 56.7 Å². The van der Waals surface area contributed by atoms with Gasteiger partial charge in [0.2, 0.25) is 0 Å². The van der Waals surface area contributed by atoms with E-state index in [9.17, 15) is 9.59 Å². The standard InChI is InChI=1S/C36H50O4/c1-22(2)25-13-16-36(31(38)39-8)18-17-34(6)26(29(25)36)11-12-28-33(5)21-23(20-24-10-9-19-40-24)30(37)32(3,4)27(33)14-15-35(28,34)7/h9-10,19-20,25-29H,1,11-18,21H2,2-8H3/t25-,26+,27-,28+,29+,33+,34-,35-,36-/m1/s1. The molecule has 9 atom stereocenters. The van der Waals surface area contributed by atoms with Crippen molar-refractivity contribution in [3.63, 3.8) is 0 Å². The zero-order valence-electron chi connectivity index (χ0n) is 25.9. The molecule has 218 valence electrons. The van der Waals surface area contributed by atoms with Crippen LogP contribution in [0.25, 0.3) is 6.08 Å². The van der Waals surface area contributed by atoms with Gasteiger partial charge >= 0.3 is 5.97 Å². The number of rotatable bonds is 3. The summed E-state index contributed by atoms with van der Waals surface area (Å²) in [5, 5.41) is 0. The van der Waals surface area contributed by atoms with E-state index in [1.165, 1.54) is 12.0 Å². The number of furan rings is 1. The average Bonchev–Trinajstić information content (AvgIpc) is 3.55. The largest absolute Gasteiger partial charge is 0.469 e. The van der Waals surface area contributed by atoms with Crippen molar-refractivity contribution in [2.24, 2.45) is 56.7 Å². The predicted molar refractivity (Wildman–Crippen MR) is 158 cm³/mol. The molecule has 0 saturated heterocycles. The maximum Gasteiger partial charge on any atom is 0.312 e. The van der Waals surface area contributed by atoms with E-state index in [0.717, 1.165) is 62.7 Å². The molecule has 40 heavy (non-hydrogen) atoms. The number of methoxy groups -OCH3 is 1. The molecule has 0 amide bonds. The third kappa shape index (κ3) is 3.43. The van der Waals surface area contributed by atoms with Crippen LogP contribution < -0.4 is 0 Å². The summed E-state index contributed by atoms with van der Waals surface area (Å²) in [6, 6.07) is 3.85. The highest BCUT2D eigenvalue weighted by atomic mass is 16.5. The number of hydrogen-bond acceptors (Lipinski definition) is 4. The highest BCUT2D eigenvalue weighted by Gasteiger charge is 2.72. The second-order valence-electron chi connectivity index (χ2n) is 15.7. The first-order chi connectivity index (χ1) is 18.8. The fourth-order valence-electron chi connectivity index (χ4n) is 12.2. The molecule has 0 N–H and O–H groups in total. The van der Waals surface area contributed by atoms with Crippen molar-refractivity contribution in [3.05, 3.63) is 41.9 Å². The van der Waals surface area contributed by atoms with Crippen LogP contribution in [0.1, 0.15) is 105 Å².